The summed E-state index contributed by atoms with van der Waals surface area (Å²) in [6.07, 6.45) is -6.22. The van der Waals surface area contributed by atoms with E-state index in [1.807, 2.05) is 0 Å². The molecule has 0 unspecified atom stereocenters. The van der Waals surface area contributed by atoms with Gasteiger partial charge in [-0.05, 0) is 6.92 Å². The molecule has 0 spiro atoms. The second kappa shape index (κ2) is 8.16. The minimum Gasteiger partial charge on any atom is -0.394 e. The number of aliphatic hydroxyl groups excluding tert-OH is 4. The van der Waals surface area contributed by atoms with E-state index in [2.05, 4.69) is 4.98 Å². The van der Waals surface area contributed by atoms with Gasteiger partial charge in [0.1, 0.15) is 37.3 Å². The summed E-state index contributed by atoms with van der Waals surface area (Å²) in [5.41, 5.74) is -0.839. The highest BCUT2D eigenvalue weighted by Gasteiger charge is 2.44. The first-order valence-electron chi connectivity index (χ1n) is 8.38. The molecular formula is C15H22N2O10. The summed E-state index contributed by atoms with van der Waals surface area (Å²) >= 11 is 0. The van der Waals surface area contributed by atoms with Crippen LogP contribution >= 0.6 is 0 Å². The van der Waals surface area contributed by atoms with Gasteiger partial charge in [-0.3, -0.25) is 14.3 Å². The van der Waals surface area contributed by atoms with Crippen LogP contribution in [0.1, 0.15) is 18.2 Å². The van der Waals surface area contributed by atoms with Gasteiger partial charge in [0.25, 0.3) is 5.56 Å². The number of hydrogen-bond acceptors (Lipinski definition) is 10. The van der Waals surface area contributed by atoms with Crippen LogP contribution in [0.25, 0.3) is 0 Å². The van der Waals surface area contributed by atoms with Crippen LogP contribution in [0.2, 0.25) is 0 Å². The number of ether oxygens (including phenoxy) is 2. The summed E-state index contributed by atoms with van der Waals surface area (Å²) in [5, 5.41) is 38.5. The van der Waals surface area contributed by atoms with E-state index in [1.54, 1.807) is 0 Å². The molecule has 3 rings (SSSR count). The predicted molar refractivity (Wildman–Crippen MR) is 85.4 cm³/mol. The SMILES string of the molecule is Cc1cn([C@H]2C[C@H](O)[C@@H](COO[C@@H]3O[C@@H](CO)[C@H](O)[C@@H]3O)O2)c(=O)[nH]c1=O. The molecule has 12 heteroatoms. The smallest absolute Gasteiger partial charge is 0.330 e. The van der Waals surface area contributed by atoms with Crippen molar-refractivity contribution in [2.45, 2.75) is 56.4 Å². The molecule has 0 saturated carbocycles. The molecule has 0 radical (unpaired) electrons. The standard InChI is InChI=1S/C15H22N2O10/c1-6-3-17(15(23)16-13(6)22)10-2-7(19)9(25-10)5-24-27-14-12(21)11(20)8(4-18)26-14/h3,7-12,14,18-21H,2,4-5H2,1H3,(H,16,22,23)/t7-,8-,9+,10+,11-,12-,14-/m0/s1. The van der Waals surface area contributed by atoms with Gasteiger partial charge in [-0.25, -0.2) is 14.6 Å². The molecule has 3 heterocycles. The lowest BCUT2D eigenvalue weighted by Gasteiger charge is -2.18. The maximum atomic E-state index is 11.9. The second-order valence-corrected chi connectivity index (χ2v) is 6.50. The average molecular weight is 390 g/mol. The van der Waals surface area contributed by atoms with E-state index >= 15 is 0 Å². The lowest BCUT2D eigenvalue weighted by Crippen LogP contribution is -2.35. The van der Waals surface area contributed by atoms with Crippen molar-refractivity contribution in [3.8, 4) is 0 Å². The third kappa shape index (κ3) is 4.12. The van der Waals surface area contributed by atoms with Crippen molar-refractivity contribution in [2.24, 2.45) is 0 Å². The minimum atomic E-state index is -1.41. The van der Waals surface area contributed by atoms with E-state index < -0.39 is 60.9 Å². The van der Waals surface area contributed by atoms with Crippen LogP contribution in [-0.2, 0) is 19.2 Å². The third-order valence-electron chi connectivity index (χ3n) is 4.55. The Morgan fingerprint density at radius 2 is 1.96 bits per heavy atom. The first kappa shape index (κ1) is 20.1. The molecule has 12 nitrogen and oxygen atoms in total. The number of rotatable bonds is 6. The zero-order chi connectivity index (χ0) is 19.7. The third-order valence-corrected chi connectivity index (χ3v) is 4.55. The van der Waals surface area contributed by atoms with Crippen LogP contribution in [0, 0.1) is 6.92 Å². The lowest BCUT2D eigenvalue weighted by molar-refractivity contribution is -0.393. The largest absolute Gasteiger partial charge is 0.394 e. The summed E-state index contributed by atoms with van der Waals surface area (Å²) in [6.45, 7) is 0.786. The molecule has 1 aromatic rings. The number of aliphatic hydroxyl groups is 4. The zero-order valence-electron chi connectivity index (χ0n) is 14.4. The Bertz CT molecular complexity index is 764. The molecule has 152 valence electrons. The quantitative estimate of drug-likeness (QED) is 0.247. The van der Waals surface area contributed by atoms with E-state index in [1.165, 1.54) is 17.7 Å². The number of hydrogen-bond donors (Lipinski definition) is 5. The first-order valence-corrected chi connectivity index (χ1v) is 8.38. The maximum Gasteiger partial charge on any atom is 0.330 e. The Labute approximate surface area is 152 Å². The number of nitrogens with one attached hydrogen (secondary N) is 1. The van der Waals surface area contributed by atoms with E-state index in [0.29, 0.717) is 5.56 Å². The minimum absolute atomic E-state index is 0.0905. The molecule has 2 fully saturated rings. The molecule has 0 bridgehead atoms. The fourth-order valence-corrected chi connectivity index (χ4v) is 2.95. The lowest BCUT2D eigenvalue weighted by atomic mass is 10.1. The van der Waals surface area contributed by atoms with E-state index in [9.17, 15) is 24.9 Å². The summed E-state index contributed by atoms with van der Waals surface area (Å²) in [7, 11) is 0. The summed E-state index contributed by atoms with van der Waals surface area (Å²) in [6, 6.07) is 0. The van der Waals surface area contributed by atoms with Crippen LogP contribution in [-0.4, -0.2) is 80.0 Å². The number of aromatic amines is 1. The van der Waals surface area contributed by atoms with Gasteiger partial charge in [0.15, 0.2) is 0 Å². The molecule has 5 N–H and O–H groups in total. The molecule has 0 amide bonds. The van der Waals surface area contributed by atoms with Gasteiger partial charge >= 0.3 is 5.69 Å². The van der Waals surface area contributed by atoms with Crippen LogP contribution < -0.4 is 11.2 Å². The first-order chi connectivity index (χ1) is 12.8. The summed E-state index contributed by atoms with van der Waals surface area (Å²) in [4.78, 5) is 35.3. The van der Waals surface area contributed by atoms with Gasteiger partial charge in [-0.15, -0.1) is 0 Å². The highest BCUT2D eigenvalue weighted by atomic mass is 17.2. The molecule has 1 aromatic heterocycles. The summed E-state index contributed by atoms with van der Waals surface area (Å²) in [5.74, 6) is 0. The van der Waals surface area contributed by atoms with Crippen LogP contribution in [0.4, 0.5) is 0 Å². The Balaban J connectivity index is 1.55. The molecule has 2 aliphatic heterocycles. The van der Waals surface area contributed by atoms with Crippen molar-refractivity contribution >= 4 is 0 Å². The van der Waals surface area contributed by atoms with Crippen LogP contribution in [0.15, 0.2) is 15.8 Å². The monoisotopic (exact) mass is 390 g/mol. The van der Waals surface area contributed by atoms with Crippen molar-refractivity contribution < 1.29 is 39.7 Å². The van der Waals surface area contributed by atoms with Crippen LogP contribution in [0.3, 0.4) is 0 Å². The highest BCUT2D eigenvalue weighted by Crippen LogP contribution is 2.28. The molecule has 2 saturated heterocycles. The zero-order valence-corrected chi connectivity index (χ0v) is 14.4. The van der Waals surface area contributed by atoms with Crippen molar-refractivity contribution in [1.82, 2.24) is 9.55 Å². The average Bonchev–Trinajstić information content (AvgIpc) is 3.12. The molecule has 27 heavy (non-hydrogen) atoms. The Hall–Kier alpha value is -1.64. The van der Waals surface area contributed by atoms with Crippen molar-refractivity contribution in [2.75, 3.05) is 13.2 Å². The number of H-pyrrole nitrogens is 1. The van der Waals surface area contributed by atoms with Gasteiger partial charge in [0.05, 0.1) is 12.7 Å². The number of nitrogens with zero attached hydrogens (tertiary/aromatic N) is 1. The molecular weight excluding hydrogens is 368 g/mol. The fraction of sp³-hybridized carbons (Fsp3) is 0.733. The van der Waals surface area contributed by atoms with Gasteiger partial charge < -0.3 is 29.9 Å². The Kier molecular flexibility index (Phi) is 6.08. The van der Waals surface area contributed by atoms with E-state index in [0.717, 1.165) is 0 Å². The highest BCUT2D eigenvalue weighted by molar-refractivity contribution is 5.02. The molecule has 2 aliphatic rings. The molecule has 0 aromatic carbocycles. The second-order valence-electron chi connectivity index (χ2n) is 6.50. The van der Waals surface area contributed by atoms with E-state index in [4.69, 9.17) is 24.4 Å². The van der Waals surface area contributed by atoms with Crippen molar-refractivity contribution in [3.05, 3.63) is 32.6 Å². The topological polar surface area (TPSA) is 173 Å². The van der Waals surface area contributed by atoms with Gasteiger partial charge in [0, 0.05) is 18.2 Å². The molecule has 0 aliphatic carbocycles. The maximum absolute atomic E-state index is 11.9. The van der Waals surface area contributed by atoms with Gasteiger partial charge in [-0.2, -0.15) is 0 Å². The van der Waals surface area contributed by atoms with Crippen molar-refractivity contribution in [3.63, 3.8) is 0 Å². The summed E-state index contributed by atoms with van der Waals surface area (Å²) < 4.78 is 11.8. The fourth-order valence-electron chi connectivity index (χ4n) is 2.95. The van der Waals surface area contributed by atoms with Crippen molar-refractivity contribution in [1.29, 1.82) is 0 Å². The van der Waals surface area contributed by atoms with Gasteiger partial charge in [0.2, 0.25) is 6.29 Å². The predicted octanol–water partition coefficient (Wildman–Crippen LogP) is -3.12. The normalized spacial score (nSPS) is 36.4. The molecule has 7 atom stereocenters. The Morgan fingerprint density at radius 1 is 1.22 bits per heavy atom. The van der Waals surface area contributed by atoms with Gasteiger partial charge in [-0.1, -0.05) is 0 Å². The van der Waals surface area contributed by atoms with Crippen LogP contribution in [0.5, 0.6) is 0 Å². The van der Waals surface area contributed by atoms with E-state index in [-0.39, 0.29) is 13.0 Å². The number of aromatic nitrogens is 2. The number of aryl methyl sites for hydroxylation is 1. The Morgan fingerprint density at radius 3 is 2.63 bits per heavy atom.